The number of aromatic nitrogens is 3. The molecule has 10 nitrogen and oxygen atoms in total. The maximum absolute atomic E-state index is 12.8. The number of rotatable bonds is 6. The fraction of sp³-hybridized carbons (Fsp3) is 0.393. The first-order valence-corrected chi connectivity index (χ1v) is 12.8. The molecule has 4 rings (SSSR count). The highest BCUT2D eigenvalue weighted by molar-refractivity contribution is 6.04. The van der Waals surface area contributed by atoms with Gasteiger partial charge in [0.05, 0.1) is 12.3 Å². The van der Waals surface area contributed by atoms with Crippen LogP contribution in [0.2, 0.25) is 0 Å². The second-order valence-corrected chi connectivity index (χ2v) is 10.3. The highest BCUT2D eigenvalue weighted by atomic mass is 16.6. The second-order valence-electron chi connectivity index (χ2n) is 10.3. The Morgan fingerprint density at radius 2 is 1.84 bits per heavy atom. The number of likely N-dealkylation sites (tertiary alicyclic amines) is 1. The monoisotopic (exact) mass is 518 g/mol. The summed E-state index contributed by atoms with van der Waals surface area (Å²) >= 11 is 0. The first-order valence-electron chi connectivity index (χ1n) is 12.8. The number of aromatic amines is 1. The Balaban J connectivity index is 1.43. The van der Waals surface area contributed by atoms with E-state index in [4.69, 9.17) is 4.74 Å². The molecule has 10 heteroatoms. The summed E-state index contributed by atoms with van der Waals surface area (Å²) < 4.78 is 5.07. The number of ether oxygens (including phenoxy) is 1. The van der Waals surface area contributed by atoms with Gasteiger partial charge in [0, 0.05) is 42.7 Å². The van der Waals surface area contributed by atoms with Gasteiger partial charge in [-0.1, -0.05) is 32.9 Å². The molecule has 0 bridgehead atoms. The molecule has 0 radical (unpaired) electrons. The van der Waals surface area contributed by atoms with Gasteiger partial charge in [-0.2, -0.15) is 0 Å². The van der Waals surface area contributed by atoms with Gasteiger partial charge in [-0.15, -0.1) is 0 Å². The van der Waals surface area contributed by atoms with E-state index in [2.05, 4.69) is 46.4 Å². The van der Waals surface area contributed by atoms with Crippen LogP contribution in [-0.4, -0.2) is 57.6 Å². The maximum atomic E-state index is 12.8. The predicted molar refractivity (Wildman–Crippen MR) is 146 cm³/mol. The van der Waals surface area contributed by atoms with Gasteiger partial charge in [-0.05, 0) is 55.0 Å². The number of pyridine rings is 1. The molecular formula is C28H34N6O4. The zero-order valence-corrected chi connectivity index (χ0v) is 22.2. The van der Waals surface area contributed by atoms with Crippen molar-refractivity contribution in [3.63, 3.8) is 0 Å². The van der Waals surface area contributed by atoms with Crippen LogP contribution >= 0.6 is 0 Å². The lowest BCUT2D eigenvalue weighted by molar-refractivity contribution is 0.0981. The number of H-pyrrole nitrogens is 1. The number of amides is 2. The summed E-state index contributed by atoms with van der Waals surface area (Å²) in [5.74, 6) is 0.0834. The van der Waals surface area contributed by atoms with Crippen molar-refractivity contribution in [3.8, 4) is 11.3 Å². The molecule has 1 aliphatic heterocycles. The summed E-state index contributed by atoms with van der Waals surface area (Å²) in [7, 11) is 0. The molecule has 0 atom stereocenters. The number of carbonyl (C=O) groups excluding carboxylic acids is 2. The van der Waals surface area contributed by atoms with Crippen molar-refractivity contribution in [2.24, 2.45) is 0 Å². The average molecular weight is 519 g/mol. The Bertz CT molecular complexity index is 1340. The second kappa shape index (κ2) is 11.5. The van der Waals surface area contributed by atoms with Crippen LogP contribution < -0.4 is 16.2 Å². The van der Waals surface area contributed by atoms with Crippen LogP contribution in [0, 0.1) is 0 Å². The number of benzene rings is 1. The van der Waals surface area contributed by atoms with E-state index in [-0.39, 0.29) is 29.1 Å². The van der Waals surface area contributed by atoms with E-state index in [9.17, 15) is 14.4 Å². The van der Waals surface area contributed by atoms with E-state index < -0.39 is 5.56 Å². The van der Waals surface area contributed by atoms with E-state index in [1.165, 1.54) is 0 Å². The van der Waals surface area contributed by atoms with Crippen molar-refractivity contribution in [1.82, 2.24) is 19.9 Å². The molecule has 1 fully saturated rings. The Morgan fingerprint density at radius 1 is 1.13 bits per heavy atom. The summed E-state index contributed by atoms with van der Waals surface area (Å²) in [5.41, 5.74) is 2.50. The van der Waals surface area contributed by atoms with Crippen molar-refractivity contribution in [2.45, 2.75) is 52.0 Å². The smallest absolute Gasteiger partial charge is 0.409 e. The van der Waals surface area contributed by atoms with Crippen LogP contribution in [0.4, 0.5) is 16.4 Å². The Labute approximate surface area is 221 Å². The molecule has 0 unspecified atom stereocenters. The summed E-state index contributed by atoms with van der Waals surface area (Å²) in [6.07, 6.45) is 4.40. The number of nitrogens with one attached hydrogen (secondary N) is 3. The number of piperidine rings is 1. The van der Waals surface area contributed by atoms with Gasteiger partial charge >= 0.3 is 6.09 Å². The van der Waals surface area contributed by atoms with Crippen LogP contribution in [0.1, 0.15) is 56.5 Å². The minimum absolute atomic E-state index is 0.0221. The first-order chi connectivity index (χ1) is 18.1. The van der Waals surface area contributed by atoms with Gasteiger partial charge in [0.1, 0.15) is 5.69 Å². The lowest BCUT2D eigenvalue weighted by Crippen LogP contribution is -2.42. The molecule has 2 aromatic heterocycles. The highest BCUT2D eigenvalue weighted by Crippen LogP contribution is 2.23. The van der Waals surface area contributed by atoms with Crippen LogP contribution in [-0.2, 0) is 10.2 Å². The fourth-order valence-corrected chi connectivity index (χ4v) is 4.23. The molecule has 3 heterocycles. The van der Waals surface area contributed by atoms with E-state index in [0.717, 1.165) is 18.4 Å². The molecule has 200 valence electrons. The largest absolute Gasteiger partial charge is 0.450 e. The van der Waals surface area contributed by atoms with Crippen molar-refractivity contribution in [1.29, 1.82) is 0 Å². The van der Waals surface area contributed by atoms with Crippen LogP contribution in [0.3, 0.4) is 0 Å². The molecule has 0 aliphatic carbocycles. The lowest BCUT2D eigenvalue weighted by Gasteiger charge is -2.31. The third-order valence-electron chi connectivity index (χ3n) is 6.47. The fourth-order valence-electron chi connectivity index (χ4n) is 4.23. The average Bonchev–Trinajstić information content (AvgIpc) is 2.90. The molecule has 1 saturated heterocycles. The molecule has 1 aliphatic rings. The van der Waals surface area contributed by atoms with E-state index in [1.54, 1.807) is 48.5 Å². The molecule has 3 aromatic rings. The number of anilines is 2. The van der Waals surface area contributed by atoms with E-state index in [0.29, 0.717) is 42.5 Å². The minimum atomic E-state index is -0.408. The van der Waals surface area contributed by atoms with E-state index in [1.807, 2.05) is 12.1 Å². The van der Waals surface area contributed by atoms with Gasteiger partial charge in [-0.25, -0.2) is 14.8 Å². The SMILES string of the molecule is CCOC(=O)N1CCC(Nc2nccc(-c3c[nH]c(=O)c(NC(=O)c4ccc(C(C)(C)C)cc4)c3)n2)CC1. The van der Waals surface area contributed by atoms with E-state index >= 15 is 0 Å². The summed E-state index contributed by atoms with van der Waals surface area (Å²) in [6.45, 7) is 9.66. The summed E-state index contributed by atoms with van der Waals surface area (Å²) in [5, 5.41) is 6.05. The van der Waals surface area contributed by atoms with Gasteiger partial charge in [0.25, 0.3) is 11.5 Å². The molecule has 1 aromatic carbocycles. The molecule has 2 amide bonds. The topological polar surface area (TPSA) is 129 Å². The van der Waals surface area contributed by atoms with Gasteiger partial charge in [0.15, 0.2) is 0 Å². The van der Waals surface area contributed by atoms with Crippen molar-refractivity contribution in [2.75, 3.05) is 30.3 Å². The molecule has 0 spiro atoms. The van der Waals surface area contributed by atoms with Gasteiger partial charge in [0.2, 0.25) is 5.95 Å². The zero-order valence-electron chi connectivity index (χ0n) is 22.2. The summed E-state index contributed by atoms with van der Waals surface area (Å²) in [6, 6.07) is 10.8. The van der Waals surface area contributed by atoms with Crippen molar-refractivity contribution in [3.05, 3.63) is 70.3 Å². The lowest BCUT2D eigenvalue weighted by atomic mass is 9.87. The molecule has 0 saturated carbocycles. The Morgan fingerprint density at radius 3 is 2.50 bits per heavy atom. The quantitative estimate of drug-likeness (QED) is 0.441. The number of hydrogen-bond donors (Lipinski definition) is 3. The van der Waals surface area contributed by atoms with Crippen molar-refractivity contribution < 1.29 is 14.3 Å². The number of nitrogens with zero attached hydrogens (tertiary/aromatic N) is 3. The van der Waals surface area contributed by atoms with Crippen molar-refractivity contribution >= 4 is 23.6 Å². The van der Waals surface area contributed by atoms with Gasteiger partial charge in [-0.3, -0.25) is 9.59 Å². The number of hydrogen-bond acceptors (Lipinski definition) is 7. The minimum Gasteiger partial charge on any atom is -0.450 e. The standard InChI is InChI=1S/C28H34N6O4/c1-5-38-27(37)34-14-11-21(12-15-34)31-26-29-13-10-22(33-26)19-16-23(25(36)30-17-19)32-24(35)18-6-8-20(9-7-18)28(2,3)4/h6-10,13,16-17,21H,5,11-12,14-15H2,1-4H3,(H,30,36)(H,32,35)(H,29,31,33). The first kappa shape index (κ1) is 26.8. The zero-order chi connectivity index (χ0) is 27.3. The number of carbonyl (C=O) groups is 2. The predicted octanol–water partition coefficient (Wildman–Crippen LogP) is 4.41. The van der Waals surface area contributed by atoms with Crippen LogP contribution in [0.5, 0.6) is 0 Å². The molecular weight excluding hydrogens is 484 g/mol. The highest BCUT2D eigenvalue weighted by Gasteiger charge is 2.24. The Kier molecular flexibility index (Phi) is 8.09. The van der Waals surface area contributed by atoms with Gasteiger partial charge < -0.3 is 25.3 Å². The third kappa shape index (κ3) is 6.56. The normalized spacial score (nSPS) is 14.2. The molecule has 3 N–H and O–H groups in total. The third-order valence-corrected chi connectivity index (χ3v) is 6.47. The molecule has 38 heavy (non-hydrogen) atoms. The summed E-state index contributed by atoms with van der Waals surface area (Å²) in [4.78, 5) is 50.5. The Hall–Kier alpha value is -4.21. The maximum Gasteiger partial charge on any atom is 0.409 e. The van der Waals surface area contributed by atoms with Crippen LogP contribution in [0.15, 0.2) is 53.6 Å². The van der Waals surface area contributed by atoms with Crippen LogP contribution in [0.25, 0.3) is 11.3 Å².